The highest BCUT2D eigenvalue weighted by Gasteiger charge is 2.13. The normalized spacial score (nSPS) is 9.96. The molecule has 0 amide bonds. The van der Waals surface area contributed by atoms with Crippen LogP contribution in [0.15, 0.2) is 53.1 Å². The molecule has 0 spiro atoms. The SMILES string of the molecule is Cc1c(C(=O)O)cccc1C(=O)O.Nc1ccc2ccoc2c1. The number of nitrogen functional groups attached to an aromatic ring is 1. The van der Waals surface area contributed by atoms with E-state index in [1.807, 2.05) is 24.3 Å². The number of anilines is 1. The minimum atomic E-state index is -1.11. The highest BCUT2D eigenvalue weighted by molar-refractivity contribution is 5.96. The van der Waals surface area contributed by atoms with Crippen molar-refractivity contribution in [2.24, 2.45) is 0 Å². The second-order valence-electron chi connectivity index (χ2n) is 4.81. The summed E-state index contributed by atoms with van der Waals surface area (Å²) in [5, 5.41) is 18.4. The standard InChI is InChI=1S/C9H8O4.C8H7NO/c1-5-6(8(10)11)3-2-4-7(5)9(12)13;9-7-2-1-6-3-4-10-8(6)5-7/h2-4H,1H3,(H,10,11)(H,12,13);1-5H,9H2. The molecule has 0 aliphatic rings. The Morgan fingerprint density at radius 3 is 2.17 bits per heavy atom. The number of hydrogen-bond acceptors (Lipinski definition) is 4. The van der Waals surface area contributed by atoms with Crippen molar-refractivity contribution in [3.63, 3.8) is 0 Å². The number of carbonyl (C=O) groups is 2. The lowest BCUT2D eigenvalue weighted by Gasteiger charge is -2.03. The Kier molecular flexibility index (Phi) is 4.66. The zero-order valence-corrected chi connectivity index (χ0v) is 12.3. The molecule has 0 bridgehead atoms. The summed E-state index contributed by atoms with van der Waals surface area (Å²) in [6, 6.07) is 11.7. The largest absolute Gasteiger partial charge is 0.478 e. The fourth-order valence-corrected chi connectivity index (χ4v) is 2.07. The third-order valence-electron chi connectivity index (χ3n) is 3.27. The fraction of sp³-hybridized carbons (Fsp3) is 0.0588. The van der Waals surface area contributed by atoms with Crippen molar-refractivity contribution in [2.75, 3.05) is 5.73 Å². The first-order valence-electron chi connectivity index (χ1n) is 6.69. The first-order chi connectivity index (χ1) is 10.9. The van der Waals surface area contributed by atoms with Gasteiger partial charge in [0.25, 0.3) is 0 Å². The van der Waals surface area contributed by atoms with Gasteiger partial charge in [-0.1, -0.05) is 6.07 Å². The number of carboxylic acids is 2. The van der Waals surface area contributed by atoms with Gasteiger partial charge in [0.2, 0.25) is 0 Å². The molecule has 0 fully saturated rings. The van der Waals surface area contributed by atoms with Gasteiger partial charge < -0.3 is 20.4 Å². The molecule has 0 aliphatic carbocycles. The number of rotatable bonds is 2. The number of aromatic carboxylic acids is 2. The Bertz CT molecular complexity index is 834. The van der Waals surface area contributed by atoms with Gasteiger partial charge in [-0.15, -0.1) is 0 Å². The number of nitrogens with two attached hydrogens (primary N) is 1. The third kappa shape index (κ3) is 3.68. The van der Waals surface area contributed by atoms with Crippen molar-refractivity contribution >= 4 is 28.6 Å². The van der Waals surface area contributed by atoms with Crippen LogP contribution in [-0.2, 0) is 0 Å². The molecule has 0 atom stereocenters. The molecule has 3 rings (SSSR count). The summed E-state index contributed by atoms with van der Waals surface area (Å²) in [6.45, 7) is 1.48. The van der Waals surface area contributed by atoms with E-state index < -0.39 is 11.9 Å². The summed E-state index contributed by atoms with van der Waals surface area (Å²) in [6.07, 6.45) is 1.66. The average molecular weight is 313 g/mol. The van der Waals surface area contributed by atoms with Gasteiger partial charge in [-0.25, -0.2) is 9.59 Å². The van der Waals surface area contributed by atoms with Crippen LogP contribution >= 0.6 is 0 Å². The van der Waals surface area contributed by atoms with Gasteiger partial charge in [-0.05, 0) is 42.8 Å². The third-order valence-corrected chi connectivity index (χ3v) is 3.27. The Morgan fingerprint density at radius 1 is 1.00 bits per heavy atom. The summed E-state index contributed by atoms with van der Waals surface area (Å²) in [7, 11) is 0. The maximum atomic E-state index is 10.6. The second-order valence-corrected chi connectivity index (χ2v) is 4.81. The van der Waals surface area contributed by atoms with Crippen LogP contribution in [-0.4, -0.2) is 22.2 Å². The molecular formula is C17H15NO5. The number of furan rings is 1. The Balaban J connectivity index is 0.000000172. The fourth-order valence-electron chi connectivity index (χ4n) is 2.07. The summed E-state index contributed by atoms with van der Waals surface area (Å²) in [5.41, 5.74) is 7.44. The quantitative estimate of drug-likeness (QED) is 0.625. The summed E-state index contributed by atoms with van der Waals surface area (Å²) >= 11 is 0. The van der Waals surface area contributed by atoms with Gasteiger partial charge >= 0.3 is 11.9 Å². The van der Waals surface area contributed by atoms with E-state index in [4.69, 9.17) is 20.4 Å². The van der Waals surface area contributed by atoms with E-state index in [9.17, 15) is 9.59 Å². The van der Waals surface area contributed by atoms with Crippen molar-refractivity contribution < 1.29 is 24.2 Å². The van der Waals surface area contributed by atoms with Crippen LogP contribution in [0.25, 0.3) is 11.0 Å². The zero-order chi connectivity index (χ0) is 17.0. The Labute approximate surface area is 131 Å². The predicted octanol–water partition coefficient (Wildman–Crippen LogP) is 3.41. The number of benzene rings is 2. The molecule has 6 nitrogen and oxygen atoms in total. The summed E-state index contributed by atoms with van der Waals surface area (Å²) in [4.78, 5) is 21.2. The average Bonchev–Trinajstić information content (AvgIpc) is 2.94. The van der Waals surface area contributed by atoms with Crippen LogP contribution in [0.1, 0.15) is 26.3 Å². The lowest BCUT2D eigenvalue weighted by molar-refractivity contribution is 0.0696. The highest BCUT2D eigenvalue weighted by atomic mass is 16.4. The molecule has 1 aromatic heterocycles. The molecule has 0 radical (unpaired) electrons. The van der Waals surface area contributed by atoms with Gasteiger partial charge in [-0.2, -0.15) is 0 Å². The second kappa shape index (κ2) is 6.65. The van der Waals surface area contributed by atoms with Gasteiger partial charge in [0.15, 0.2) is 0 Å². The van der Waals surface area contributed by atoms with Crippen molar-refractivity contribution in [2.45, 2.75) is 6.92 Å². The number of hydrogen-bond donors (Lipinski definition) is 3. The molecule has 0 unspecified atom stereocenters. The maximum absolute atomic E-state index is 10.6. The van der Waals surface area contributed by atoms with Crippen molar-refractivity contribution in [3.8, 4) is 0 Å². The molecular weight excluding hydrogens is 298 g/mol. The number of fused-ring (bicyclic) bond motifs is 1. The molecule has 118 valence electrons. The minimum absolute atomic E-state index is 0.0277. The molecule has 6 heteroatoms. The first-order valence-corrected chi connectivity index (χ1v) is 6.69. The summed E-state index contributed by atoms with van der Waals surface area (Å²) < 4.78 is 5.12. The van der Waals surface area contributed by atoms with E-state index in [1.54, 1.807) is 6.26 Å². The molecule has 2 aromatic carbocycles. The monoisotopic (exact) mass is 313 g/mol. The molecule has 1 heterocycles. The first kappa shape index (κ1) is 16.1. The van der Waals surface area contributed by atoms with E-state index >= 15 is 0 Å². The van der Waals surface area contributed by atoms with Crippen molar-refractivity contribution in [1.82, 2.24) is 0 Å². The molecule has 23 heavy (non-hydrogen) atoms. The lowest BCUT2D eigenvalue weighted by atomic mass is 10.0. The van der Waals surface area contributed by atoms with E-state index in [-0.39, 0.29) is 16.7 Å². The minimum Gasteiger partial charge on any atom is -0.478 e. The highest BCUT2D eigenvalue weighted by Crippen LogP contribution is 2.17. The Hall–Kier alpha value is -3.28. The van der Waals surface area contributed by atoms with E-state index in [0.717, 1.165) is 16.7 Å². The van der Waals surface area contributed by atoms with Gasteiger partial charge in [0.1, 0.15) is 5.58 Å². The van der Waals surface area contributed by atoms with Crippen LogP contribution in [0.3, 0.4) is 0 Å². The molecule has 0 saturated heterocycles. The summed E-state index contributed by atoms with van der Waals surface area (Å²) in [5.74, 6) is -2.22. The predicted molar refractivity (Wildman–Crippen MR) is 85.7 cm³/mol. The maximum Gasteiger partial charge on any atom is 0.335 e. The molecule has 0 aliphatic heterocycles. The van der Waals surface area contributed by atoms with E-state index in [2.05, 4.69) is 0 Å². The van der Waals surface area contributed by atoms with Crippen LogP contribution in [0.4, 0.5) is 5.69 Å². The van der Waals surface area contributed by atoms with Gasteiger partial charge in [-0.3, -0.25) is 0 Å². The van der Waals surface area contributed by atoms with Crippen LogP contribution in [0.5, 0.6) is 0 Å². The molecule has 3 aromatic rings. The van der Waals surface area contributed by atoms with Crippen molar-refractivity contribution in [1.29, 1.82) is 0 Å². The smallest absolute Gasteiger partial charge is 0.335 e. The van der Waals surface area contributed by atoms with Crippen LogP contribution in [0.2, 0.25) is 0 Å². The topological polar surface area (TPSA) is 114 Å². The zero-order valence-electron chi connectivity index (χ0n) is 12.3. The van der Waals surface area contributed by atoms with E-state index in [1.165, 1.54) is 25.1 Å². The lowest BCUT2D eigenvalue weighted by Crippen LogP contribution is -2.06. The number of carboxylic acid groups (broad SMARTS) is 2. The van der Waals surface area contributed by atoms with Gasteiger partial charge in [0.05, 0.1) is 17.4 Å². The molecule has 0 saturated carbocycles. The van der Waals surface area contributed by atoms with Crippen LogP contribution in [0, 0.1) is 6.92 Å². The Morgan fingerprint density at radius 2 is 1.61 bits per heavy atom. The van der Waals surface area contributed by atoms with Crippen LogP contribution < -0.4 is 5.73 Å². The van der Waals surface area contributed by atoms with Gasteiger partial charge in [0, 0.05) is 17.1 Å². The van der Waals surface area contributed by atoms with E-state index in [0.29, 0.717) is 0 Å². The molecule has 4 N–H and O–H groups in total. The van der Waals surface area contributed by atoms with Crippen molar-refractivity contribution in [3.05, 3.63) is 65.4 Å².